The molecule has 6 heteroatoms. The molecular weight excluding hydrogens is 913 g/mol. The first kappa shape index (κ1) is 69.8. The van der Waals surface area contributed by atoms with Crippen molar-refractivity contribution >= 4 is 17.9 Å². The molecule has 0 rings (SSSR count). The molecule has 0 aliphatic carbocycles. The summed E-state index contributed by atoms with van der Waals surface area (Å²) in [6.45, 7) is 6.43. The number of esters is 3. The predicted octanol–water partition coefficient (Wildman–Crippen LogP) is 20.8. The maximum Gasteiger partial charge on any atom is 0.306 e. The minimum absolute atomic E-state index is 0.0966. The molecule has 0 amide bonds. The number of hydrogen-bond acceptors (Lipinski definition) is 6. The van der Waals surface area contributed by atoms with Gasteiger partial charge in [0.2, 0.25) is 0 Å². The molecule has 0 fully saturated rings. The van der Waals surface area contributed by atoms with Crippen molar-refractivity contribution in [1.82, 2.24) is 0 Å². The maximum atomic E-state index is 12.9. The fraction of sp³-hybridized carbons (Fsp3) is 0.662. The largest absolute Gasteiger partial charge is 0.462 e. The molecule has 0 saturated carbocycles. The zero-order chi connectivity index (χ0) is 53.6. The minimum Gasteiger partial charge on any atom is -0.462 e. The van der Waals surface area contributed by atoms with Crippen molar-refractivity contribution in [3.05, 3.63) is 122 Å². The van der Waals surface area contributed by atoms with Crippen LogP contribution in [0.3, 0.4) is 0 Å². The van der Waals surface area contributed by atoms with E-state index in [0.717, 1.165) is 148 Å². The van der Waals surface area contributed by atoms with Crippen LogP contribution in [0.5, 0.6) is 0 Å². The summed E-state index contributed by atoms with van der Waals surface area (Å²) in [5, 5.41) is 0. The van der Waals surface area contributed by atoms with E-state index in [2.05, 4.69) is 142 Å². The number of unbranched alkanes of at least 4 members (excludes halogenated alkanes) is 23. The molecule has 74 heavy (non-hydrogen) atoms. The molecule has 1 atom stereocenters. The van der Waals surface area contributed by atoms with Crippen molar-refractivity contribution in [3.63, 3.8) is 0 Å². The lowest BCUT2D eigenvalue weighted by atomic mass is 10.1. The van der Waals surface area contributed by atoms with E-state index in [4.69, 9.17) is 14.2 Å². The van der Waals surface area contributed by atoms with E-state index in [-0.39, 0.29) is 31.1 Å². The Morgan fingerprint density at radius 1 is 0.284 bits per heavy atom. The molecule has 0 aromatic carbocycles. The molecule has 0 aliphatic rings. The Balaban J connectivity index is 4.44. The number of ether oxygens (including phenoxy) is 3. The van der Waals surface area contributed by atoms with E-state index in [9.17, 15) is 14.4 Å². The standard InChI is InChI=1S/C68H112O6/c1-4-7-10-13-16-19-22-25-28-30-32-33-34-35-37-38-40-43-46-49-52-55-58-61-67(70)73-64-65(63-72-66(69)60-57-54-51-48-45-42-27-24-21-18-15-12-9-6-3)74-68(71)62-59-56-53-50-47-44-41-39-36-31-29-26-23-20-17-14-11-8-5-2/h7,10,15-20,24-29,32-33,35-37,39,65H,4-6,8-9,11-14,21-23,30-31,34,38,40-64H2,1-3H3/b10-7-,18-15-,19-16-,20-17-,27-24-,28-25-,29-26-,33-32-,37-35-,39-36-. The first-order valence-corrected chi connectivity index (χ1v) is 30.5. The maximum absolute atomic E-state index is 12.9. The second-order valence-electron chi connectivity index (χ2n) is 19.9. The summed E-state index contributed by atoms with van der Waals surface area (Å²) >= 11 is 0. The molecule has 0 heterocycles. The van der Waals surface area contributed by atoms with E-state index in [0.29, 0.717) is 19.3 Å². The zero-order valence-electron chi connectivity index (χ0n) is 48.1. The highest BCUT2D eigenvalue weighted by Gasteiger charge is 2.19. The van der Waals surface area contributed by atoms with E-state index in [1.54, 1.807) is 0 Å². The minimum atomic E-state index is -0.800. The highest BCUT2D eigenvalue weighted by Crippen LogP contribution is 2.14. The predicted molar refractivity (Wildman–Crippen MR) is 320 cm³/mol. The molecule has 0 aromatic rings. The fourth-order valence-corrected chi connectivity index (χ4v) is 8.08. The molecule has 0 bridgehead atoms. The van der Waals surface area contributed by atoms with Gasteiger partial charge in [0, 0.05) is 19.3 Å². The molecule has 6 nitrogen and oxygen atoms in total. The van der Waals surface area contributed by atoms with Crippen molar-refractivity contribution < 1.29 is 28.6 Å². The Morgan fingerprint density at radius 2 is 0.541 bits per heavy atom. The summed E-state index contributed by atoms with van der Waals surface area (Å²) in [6.07, 6.45) is 84.7. The van der Waals surface area contributed by atoms with Crippen LogP contribution >= 0.6 is 0 Å². The van der Waals surface area contributed by atoms with E-state index in [1.165, 1.54) is 83.5 Å². The van der Waals surface area contributed by atoms with Crippen LogP contribution in [-0.2, 0) is 28.6 Å². The number of rotatable bonds is 54. The van der Waals surface area contributed by atoms with E-state index in [1.807, 2.05) is 0 Å². The molecule has 0 N–H and O–H groups in total. The topological polar surface area (TPSA) is 78.9 Å². The zero-order valence-corrected chi connectivity index (χ0v) is 48.1. The quantitative estimate of drug-likeness (QED) is 0.0261. The van der Waals surface area contributed by atoms with Crippen LogP contribution in [0.15, 0.2) is 122 Å². The smallest absolute Gasteiger partial charge is 0.306 e. The van der Waals surface area contributed by atoms with Crippen molar-refractivity contribution in [2.75, 3.05) is 13.2 Å². The Hall–Kier alpha value is -4.19. The van der Waals surface area contributed by atoms with Crippen LogP contribution in [0, 0.1) is 0 Å². The summed E-state index contributed by atoms with van der Waals surface area (Å²) in [5.74, 6) is -0.932. The highest BCUT2D eigenvalue weighted by molar-refractivity contribution is 5.71. The number of carbonyl (C=O) groups excluding carboxylic acids is 3. The fourth-order valence-electron chi connectivity index (χ4n) is 8.08. The van der Waals surface area contributed by atoms with Gasteiger partial charge in [-0.3, -0.25) is 14.4 Å². The summed E-state index contributed by atoms with van der Waals surface area (Å²) in [7, 11) is 0. The van der Waals surface area contributed by atoms with Gasteiger partial charge in [-0.1, -0.05) is 245 Å². The van der Waals surface area contributed by atoms with Crippen molar-refractivity contribution in [1.29, 1.82) is 0 Å². The van der Waals surface area contributed by atoms with E-state index < -0.39 is 6.10 Å². The molecule has 0 saturated heterocycles. The summed E-state index contributed by atoms with van der Waals surface area (Å²) in [6, 6.07) is 0. The van der Waals surface area contributed by atoms with Crippen LogP contribution < -0.4 is 0 Å². The molecule has 1 unspecified atom stereocenters. The van der Waals surface area contributed by atoms with Crippen molar-refractivity contribution in [3.8, 4) is 0 Å². The Kier molecular flexibility index (Phi) is 57.9. The molecule has 0 aromatic heterocycles. The lowest BCUT2D eigenvalue weighted by Crippen LogP contribution is -2.30. The van der Waals surface area contributed by atoms with Crippen LogP contribution in [-0.4, -0.2) is 37.2 Å². The van der Waals surface area contributed by atoms with Crippen LogP contribution in [0.25, 0.3) is 0 Å². The molecule has 0 radical (unpaired) electrons. The Bertz CT molecular complexity index is 1550. The third-order valence-electron chi connectivity index (χ3n) is 12.7. The molecule has 0 aliphatic heterocycles. The van der Waals surface area contributed by atoms with Gasteiger partial charge in [-0.25, -0.2) is 0 Å². The SMILES string of the molecule is CC/C=C\C/C=C\C/C=C\C/C=C\C/C=C\CCCCCCCCCC(=O)OCC(COC(=O)CCCCCCC/C=C\C/C=C\CCCC)OC(=O)CCCCCCCC/C=C\C/C=C\C/C=C\CCCCC. The number of allylic oxidation sites excluding steroid dienone is 20. The first-order valence-electron chi connectivity index (χ1n) is 30.5. The summed E-state index contributed by atoms with van der Waals surface area (Å²) in [5.41, 5.74) is 0. The normalized spacial score (nSPS) is 13.0. The third-order valence-corrected chi connectivity index (χ3v) is 12.7. The van der Waals surface area contributed by atoms with Gasteiger partial charge in [0.15, 0.2) is 6.10 Å². The first-order chi connectivity index (χ1) is 36.5. The number of hydrogen-bond donors (Lipinski definition) is 0. The Labute approximate surface area is 456 Å². The van der Waals surface area contributed by atoms with E-state index >= 15 is 0 Å². The van der Waals surface area contributed by atoms with Gasteiger partial charge < -0.3 is 14.2 Å². The van der Waals surface area contributed by atoms with Crippen molar-refractivity contribution in [2.24, 2.45) is 0 Å². The second-order valence-corrected chi connectivity index (χ2v) is 19.9. The second kappa shape index (κ2) is 61.4. The van der Waals surface area contributed by atoms with Crippen LogP contribution in [0.1, 0.15) is 271 Å². The van der Waals surface area contributed by atoms with Gasteiger partial charge in [0.1, 0.15) is 13.2 Å². The van der Waals surface area contributed by atoms with Gasteiger partial charge in [-0.15, -0.1) is 0 Å². The van der Waals surface area contributed by atoms with Gasteiger partial charge >= 0.3 is 17.9 Å². The lowest BCUT2D eigenvalue weighted by molar-refractivity contribution is -0.167. The number of carbonyl (C=O) groups is 3. The summed E-state index contributed by atoms with van der Waals surface area (Å²) < 4.78 is 16.9. The lowest BCUT2D eigenvalue weighted by Gasteiger charge is -2.18. The average Bonchev–Trinajstić information content (AvgIpc) is 3.40. The monoisotopic (exact) mass is 1020 g/mol. The molecule has 0 spiro atoms. The Morgan fingerprint density at radius 3 is 0.865 bits per heavy atom. The third kappa shape index (κ3) is 58.7. The van der Waals surface area contributed by atoms with Gasteiger partial charge in [0.05, 0.1) is 0 Å². The summed E-state index contributed by atoms with van der Waals surface area (Å²) in [4.78, 5) is 38.3. The molecular formula is C68H112O6. The van der Waals surface area contributed by atoms with Gasteiger partial charge in [-0.2, -0.15) is 0 Å². The molecule has 420 valence electrons. The average molecular weight is 1030 g/mol. The van der Waals surface area contributed by atoms with Gasteiger partial charge in [-0.05, 0) is 128 Å². The van der Waals surface area contributed by atoms with Gasteiger partial charge in [0.25, 0.3) is 0 Å². The van der Waals surface area contributed by atoms with Crippen molar-refractivity contribution in [2.45, 2.75) is 277 Å². The van der Waals surface area contributed by atoms with Crippen LogP contribution in [0.2, 0.25) is 0 Å². The van der Waals surface area contributed by atoms with Crippen LogP contribution in [0.4, 0.5) is 0 Å². The highest BCUT2D eigenvalue weighted by atomic mass is 16.6.